The van der Waals surface area contributed by atoms with E-state index in [0.29, 0.717) is 17.2 Å². The molecule has 0 saturated heterocycles. The molecule has 2 rings (SSSR count). The summed E-state index contributed by atoms with van der Waals surface area (Å²) in [5, 5.41) is 9.22. The van der Waals surface area contributed by atoms with Crippen molar-refractivity contribution in [1.29, 1.82) is 0 Å². The van der Waals surface area contributed by atoms with Gasteiger partial charge in [-0.3, -0.25) is 0 Å². The lowest BCUT2D eigenvalue weighted by Gasteiger charge is -2.09. The summed E-state index contributed by atoms with van der Waals surface area (Å²) < 4.78 is 43.7. The maximum absolute atomic E-state index is 12.9. The van der Waals surface area contributed by atoms with Crippen LogP contribution in [0.3, 0.4) is 0 Å². The molecule has 2 aromatic carbocycles. The van der Waals surface area contributed by atoms with E-state index in [-0.39, 0.29) is 12.2 Å². The molecule has 0 amide bonds. The molecule has 0 aliphatic rings. The van der Waals surface area contributed by atoms with Gasteiger partial charge in [-0.15, -0.1) is 0 Å². The lowest BCUT2D eigenvalue weighted by molar-refractivity contribution is -0.137. The molecule has 2 aromatic rings. The average Bonchev–Trinajstić information content (AvgIpc) is 2.53. The van der Waals surface area contributed by atoms with Crippen molar-refractivity contribution in [3.8, 4) is 17.6 Å². The summed E-state index contributed by atoms with van der Waals surface area (Å²) in [7, 11) is 0. The summed E-state index contributed by atoms with van der Waals surface area (Å²) in [5.41, 5.74) is -0.458. The minimum atomic E-state index is -4.61. The van der Waals surface area contributed by atoms with Gasteiger partial charge in [0.1, 0.15) is 5.75 Å². The number of ether oxygens (including phenoxy) is 1. The van der Waals surface area contributed by atoms with Crippen LogP contribution in [0.4, 0.5) is 13.2 Å². The lowest BCUT2D eigenvalue weighted by Crippen LogP contribution is -2.07. The average molecular weight is 334 g/mol. The van der Waals surface area contributed by atoms with E-state index in [4.69, 9.17) is 4.74 Å². The number of rotatable bonds is 2. The number of alkyl halides is 3. The first-order valence-corrected chi connectivity index (χ1v) is 7.00. The second-order valence-electron chi connectivity index (χ2n) is 4.78. The zero-order valence-electron chi connectivity index (χ0n) is 12.6. The van der Waals surface area contributed by atoms with Crippen molar-refractivity contribution in [2.75, 3.05) is 6.61 Å². The molecule has 0 heterocycles. The highest BCUT2D eigenvalue weighted by Crippen LogP contribution is 2.33. The third-order valence-corrected chi connectivity index (χ3v) is 3.05. The summed E-state index contributed by atoms with van der Waals surface area (Å²) >= 11 is 0. The largest absolute Gasteiger partial charge is 0.508 e. The van der Waals surface area contributed by atoms with Crippen LogP contribution in [0.1, 0.15) is 34.0 Å². The number of carbonyl (C=O) groups excluding carboxylic acids is 1. The van der Waals surface area contributed by atoms with Gasteiger partial charge in [-0.1, -0.05) is 11.8 Å². The van der Waals surface area contributed by atoms with Crippen molar-refractivity contribution in [2.45, 2.75) is 13.1 Å². The smallest absolute Gasteiger partial charge is 0.417 e. The Balaban J connectivity index is 2.29. The van der Waals surface area contributed by atoms with Gasteiger partial charge in [0.05, 0.1) is 17.7 Å². The number of phenols is 1. The Hall–Kier alpha value is -2.94. The van der Waals surface area contributed by atoms with Gasteiger partial charge in [0.2, 0.25) is 0 Å². The Kier molecular flexibility index (Phi) is 5.14. The molecular formula is C18H13F3O3. The monoisotopic (exact) mass is 334 g/mol. The van der Waals surface area contributed by atoms with E-state index >= 15 is 0 Å². The molecule has 0 aromatic heterocycles. The third kappa shape index (κ3) is 4.29. The second kappa shape index (κ2) is 7.09. The van der Waals surface area contributed by atoms with Crippen LogP contribution in [0, 0.1) is 11.8 Å². The summed E-state index contributed by atoms with van der Waals surface area (Å²) in [6.45, 7) is 1.94. The van der Waals surface area contributed by atoms with Crippen LogP contribution in [0.2, 0.25) is 0 Å². The number of esters is 1. The minimum Gasteiger partial charge on any atom is -0.508 e. The Morgan fingerprint density at radius 2 is 1.79 bits per heavy atom. The number of benzene rings is 2. The van der Waals surface area contributed by atoms with Crippen molar-refractivity contribution >= 4 is 5.97 Å². The van der Waals surface area contributed by atoms with Crippen molar-refractivity contribution < 1.29 is 27.8 Å². The molecule has 0 aliphatic heterocycles. The van der Waals surface area contributed by atoms with Gasteiger partial charge in [-0.2, -0.15) is 13.2 Å². The summed E-state index contributed by atoms with van der Waals surface area (Å²) in [4.78, 5) is 11.5. The Bertz CT molecular complexity index is 797. The fourth-order valence-corrected chi connectivity index (χ4v) is 1.92. The number of halogens is 3. The van der Waals surface area contributed by atoms with Gasteiger partial charge in [-0.25, -0.2) is 4.79 Å². The van der Waals surface area contributed by atoms with Crippen LogP contribution < -0.4 is 0 Å². The second-order valence-corrected chi connectivity index (χ2v) is 4.78. The van der Waals surface area contributed by atoms with Gasteiger partial charge >= 0.3 is 12.1 Å². The number of hydrogen-bond acceptors (Lipinski definition) is 3. The van der Waals surface area contributed by atoms with Crippen molar-refractivity contribution in [2.24, 2.45) is 0 Å². The van der Waals surface area contributed by atoms with E-state index in [1.54, 1.807) is 6.92 Å². The molecule has 0 aliphatic carbocycles. The molecule has 0 radical (unpaired) electrons. The topological polar surface area (TPSA) is 46.5 Å². The van der Waals surface area contributed by atoms with E-state index in [9.17, 15) is 23.1 Å². The van der Waals surface area contributed by atoms with E-state index < -0.39 is 23.5 Å². The van der Waals surface area contributed by atoms with E-state index in [2.05, 4.69) is 11.8 Å². The van der Waals surface area contributed by atoms with Gasteiger partial charge in [0.15, 0.2) is 0 Å². The fraction of sp³-hybridized carbons (Fsp3) is 0.167. The third-order valence-electron chi connectivity index (χ3n) is 3.05. The fourth-order valence-electron chi connectivity index (χ4n) is 1.92. The zero-order valence-corrected chi connectivity index (χ0v) is 12.6. The van der Waals surface area contributed by atoms with Gasteiger partial charge in [0, 0.05) is 11.1 Å². The van der Waals surface area contributed by atoms with Crippen LogP contribution >= 0.6 is 0 Å². The first-order valence-electron chi connectivity index (χ1n) is 7.00. The van der Waals surface area contributed by atoms with Gasteiger partial charge in [-0.05, 0) is 49.4 Å². The van der Waals surface area contributed by atoms with Crippen molar-refractivity contribution in [3.63, 3.8) is 0 Å². The number of phenolic OH excluding ortho intramolecular Hbond substituents is 1. The van der Waals surface area contributed by atoms with Gasteiger partial charge in [0.25, 0.3) is 0 Å². The molecule has 6 heteroatoms. The van der Waals surface area contributed by atoms with E-state index in [1.807, 2.05) is 0 Å². The highest BCUT2D eigenvalue weighted by Gasteiger charge is 2.33. The Labute approximate surface area is 136 Å². The minimum absolute atomic E-state index is 0.241. The molecule has 24 heavy (non-hydrogen) atoms. The number of aromatic hydroxyl groups is 1. The molecule has 0 saturated carbocycles. The maximum Gasteiger partial charge on any atom is 0.417 e. The SMILES string of the molecule is CCOC(=O)c1ccc(C#Cc2ccc(O)cc2C(F)(F)F)cc1. The molecule has 3 nitrogen and oxygen atoms in total. The van der Waals surface area contributed by atoms with Crippen LogP contribution in [0.15, 0.2) is 42.5 Å². The summed E-state index contributed by atoms with van der Waals surface area (Å²) in [5.74, 6) is 4.09. The van der Waals surface area contributed by atoms with Crippen molar-refractivity contribution in [1.82, 2.24) is 0 Å². The Morgan fingerprint density at radius 1 is 1.12 bits per heavy atom. The molecular weight excluding hydrogens is 321 g/mol. The van der Waals surface area contributed by atoms with Crippen LogP contribution in [0.5, 0.6) is 5.75 Å². The van der Waals surface area contributed by atoms with Crippen LogP contribution in [0.25, 0.3) is 0 Å². The normalized spacial score (nSPS) is 10.7. The molecule has 124 valence electrons. The van der Waals surface area contributed by atoms with Crippen LogP contribution in [-0.4, -0.2) is 17.7 Å². The maximum atomic E-state index is 12.9. The summed E-state index contributed by atoms with van der Waals surface area (Å²) in [6.07, 6.45) is -4.61. The number of hydrogen-bond donors (Lipinski definition) is 1. The summed E-state index contributed by atoms with van der Waals surface area (Å²) in [6, 6.07) is 8.90. The quantitative estimate of drug-likeness (QED) is 0.667. The Morgan fingerprint density at radius 3 is 2.38 bits per heavy atom. The molecule has 0 atom stereocenters. The lowest BCUT2D eigenvalue weighted by atomic mass is 10.1. The molecule has 0 fully saturated rings. The molecule has 0 unspecified atom stereocenters. The van der Waals surface area contributed by atoms with Crippen LogP contribution in [-0.2, 0) is 10.9 Å². The standard InChI is InChI=1S/C18H13F3O3/c1-2-24-17(23)14-7-4-12(5-8-14)3-6-13-9-10-15(22)11-16(13)18(19,20)21/h4-5,7-11,22H,2H2,1H3. The van der Waals surface area contributed by atoms with Gasteiger partial charge < -0.3 is 9.84 Å². The molecule has 0 spiro atoms. The van der Waals surface area contributed by atoms with E-state index in [1.165, 1.54) is 24.3 Å². The first kappa shape index (κ1) is 17.4. The number of carbonyl (C=O) groups is 1. The highest BCUT2D eigenvalue weighted by molar-refractivity contribution is 5.89. The highest BCUT2D eigenvalue weighted by atomic mass is 19.4. The zero-order chi connectivity index (χ0) is 17.7. The predicted octanol–water partition coefficient (Wildman–Crippen LogP) is 3.99. The molecule has 1 N–H and O–H groups in total. The van der Waals surface area contributed by atoms with E-state index in [0.717, 1.165) is 12.1 Å². The van der Waals surface area contributed by atoms with Crippen molar-refractivity contribution in [3.05, 3.63) is 64.7 Å². The predicted molar refractivity (Wildman–Crippen MR) is 81.5 cm³/mol. The first-order chi connectivity index (χ1) is 11.3. The molecule has 0 bridgehead atoms.